The first-order chi connectivity index (χ1) is 4.74. The summed E-state index contributed by atoms with van der Waals surface area (Å²) in [5, 5.41) is 3.74. The van der Waals surface area contributed by atoms with Crippen molar-refractivity contribution in [3.63, 3.8) is 0 Å². The molecule has 0 spiro atoms. The molecule has 0 radical (unpaired) electrons. The van der Waals surface area contributed by atoms with Gasteiger partial charge in [-0.3, -0.25) is 4.79 Å². The zero-order valence-corrected chi connectivity index (χ0v) is 7.65. The molecular weight excluding hydrogens is 194 g/mol. The van der Waals surface area contributed by atoms with Crippen molar-refractivity contribution in [2.75, 3.05) is 5.33 Å². The molecule has 1 rings (SSSR count). The van der Waals surface area contributed by atoms with Gasteiger partial charge in [-0.05, 0) is 19.8 Å². The molecule has 0 aliphatic heterocycles. The van der Waals surface area contributed by atoms with E-state index >= 15 is 0 Å². The smallest absolute Gasteiger partial charge is 0.223 e. The van der Waals surface area contributed by atoms with Gasteiger partial charge in [-0.25, -0.2) is 0 Å². The van der Waals surface area contributed by atoms with E-state index in [1.54, 1.807) is 0 Å². The van der Waals surface area contributed by atoms with Crippen molar-refractivity contribution in [2.24, 2.45) is 5.92 Å². The molecule has 1 saturated carbocycles. The predicted molar refractivity (Wildman–Crippen MR) is 44.1 cm³/mol. The van der Waals surface area contributed by atoms with Crippen LogP contribution in [0.1, 0.15) is 19.8 Å². The van der Waals surface area contributed by atoms with Gasteiger partial charge in [0.1, 0.15) is 0 Å². The van der Waals surface area contributed by atoms with Crippen LogP contribution in [-0.2, 0) is 4.79 Å². The maximum Gasteiger partial charge on any atom is 0.223 e. The van der Waals surface area contributed by atoms with E-state index in [0.29, 0.717) is 5.92 Å². The first kappa shape index (κ1) is 8.05. The van der Waals surface area contributed by atoms with Crippen LogP contribution in [0.2, 0.25) is 0 Å². The van der Waals surface area contributed by atoms with Crippen molar-refractivity contribution in [3.05, 3.63) is 0 Å². The Morgan fingerprint density at radius 1 is 1.80 bits per heavy atom. The van der Waals surface area contributed by atoms with Gasteiger partial charge in [0.25, 0.3) is 0 Å². The first-order valence-corrected chi connectivity index (χ1v) is 4.72. The van der Waals surface area contributed by atoms with Gasteiger partial charge in [-0.2, -0.15) is 0 Å². The zero-order chi connectivity index (χ0) is 7.56. The van der Waals surface area contributed by atoms with Gasteiger partial charge < -0.3 is 5.32 Å². The van der Waals surface area contributed by atoms with E-state index in [0.717, 1.165) is 18.2 Å². The molecule has 1 atom stereocenters. The van der Waals surface area contributed by atoms with Crippen LogP contribution >= 0.6 is 15.9 Å². The number of alkyl halides is 1. The number of carbonyl (C=O) groups excluding carboxylic acids is 1. The topological polar surface area (TPSA) is 29.1 Å². The normalized spacial score (nSPS) is 20.2. The number of hydrogen-bond donors (Lipinski definition) is 1. The molecule has 1 amide bonds. The fourth-order valence-corrected chi connectivity index (χ4v) is 0.907. The van der Waals surface area contributed by atoms with Crippen LogP contribution in [0.5, 0.6) is 0 Å². The first-order valence-electron chi connectivity index (χ1n) is 3.60. The molecule has 2 nitrogen and oxygen atoms in total. The SMILES string of the molecule is CC(CBr)NC(=O)C1CC1. The Hall–Kier alpha value is -0.0500. The van der Waals surface area contributed by atoms with Crippen molar-refractivity contribution in [3.8, 4) is 0 Å². The molecule has 0 aromatic rings. The fourth-order valence-electron chi connectivity index (χ4n) is 0.745. The van der Waals surface area contributed by atoms with E-state index in [1.165, 1.54) is 0 Å². The van der Waals surface area contributed by atoms with Crippen LogP contribution in [0.4, 0.5) is 0 Å². The Morgan fingerprint density at radius 3 is 2.80 bits per heavy atom. The lowest BCUT2D eigenvalue weighted by Gasteiger charge is -2.08. The highest BCUT2D eigenvalue weighted by Gasteiger charge is 2.29. The number of hydrogen-bond acceptors (Lipinski definition) is 1. The highest BCUT2D eigenvalue weighted by molar-refractivity contribution is 9.09. The van der Waals surface area contributed by atoms with Crippen molar-refractivity contribution >= 4 is 21.8 Å². The standard InChI is InChI=1S/C7H12BrNO/c1-5(4-8)9-7(10)6-2-3-6/h5-6H,2-4H2,1H3,(H,9,10). The van der Waals surface area contributed by atoms with Gasteiger partial charge in [0.2, 0.25) is 5.91 Å². The van der Waals surface area contributed by atoms with E-state index in [4.69, 9.17) is 0 Å². The van der Waals surface area contributed by atoms with Crippen molar-refractivity contribution in [2.45, 2.75) is 25.8 Å². The summed E-state index contributed by atoms with van der Waals surface area (Å²) >= 11 is 3.30. The molecule has 10 heavy (non-hydrogen) atoms. The number of carbonyl (C=O) groups is 1. The molecule has 0 aromatic heterocycles. The highest BCUT2D eigenvalue weighted by atomic mass is 79.9. The molecule has 0 heterocycles. The summed E-state index contributed by atoms with van der Waals surface area (Å²) in [6, 6.07) is 0.271. The van der Waals surface area contributed by atoms with Gasteiger partial charge in [-0.15, -0.1) is 0 Å². The van der Waals surface area contributed by atoms with Crippen molar-refractivity contribution in [1.29, 1.82) is 0 Å². The Morgan fingerprint density at radius 2 is 2.40 bits per heavy atom. The predicted octanol–water partition coefficient (Wildman–Crippen LogP) is 1.30. The summed E-state index contributed by atoms with van der Waals surface area (Å²) in [4.78, 5) is 11.0. The van der Waals surface area contributed by atoms with Crippen LogP contribution < -0.4 is 5.32 Å². The second-order valence-electron chi connectivity index (χ2n) is 2.84. The zero-order valence-electron chi connectivity index (χ0n) is 6.06. The lowest BCUT2D eigenvalue weighted by Crippen LogP contribution is -2.34. The van der Waals surface area contributed by atoms with Crippen LogP contribution in [-0.4, -0.2) is 17.3 Å². The summed E-state index contributed by atoms with van der Waals surface area (Å²) in [7, 11) is 0. The van der Waals surface area contributed by atoms with E-state index in [9.17, 15) is 4.79 Å². The van der Waals surface area contributed by atoms with Gasteiger partial charge in [0.05, 0.1) is 0 Å². The second-order valence-corrected chi connectivity index (χ2v) is 3.49. The monoisotopic (exact) mass is 205 g/mol. The molecule has 1 fully saturated rings. The van der Waals surface area contributed by atoms with Crippen molar-refractivity contribution < 1.29 is 4.79 Å². The lowest BCUT2D eigenvalue weighted by molar-refractivity contribution is -0.122. The molecule has 1 aliphatic rings. The number of rotatable bonds is 3. The quantitative estimate of drug-likeness (QED) is 0.692. The van der Waals surface area contributed by atoms with Crippen molar-refractivity contribution in [1.82, 2.24) is 5.32 Å². The highest BCUT2D eigenvalue weighted by Crippen LogP contribution is 2.28. The third kappa shape index (κ3) is 2.29. The number of nitrogens with one attached hydrogen (secondary N) is 1. The number of halogens is 1. The van der Waals surface area contributed by atoms with E-state index in [2.05, 4.69) is 21.2 Å². The van der Waals surface area contributed by atoms with Crippen LogP contribution in [0.25, 0.3) is 0 Å². The second kappa shape index (κ2) is 3.37. The molecule has 58 valence electrons. The summed E-state index contributed by atoms with van der Waals surface area (Å²) in [5.41, 5.74) is 0. The maximum absolute atomic E-state index is 11.0. The largest absolute Gasteiger partial charge is 0.353 e. The van der Waals surface area contributed by atoms with Crippen LogP contribution in [0.15, 0.2) is 0 Å². The fraction of sp³-hybridized carbons (Fsp3) is 0.857. The van der Waals surface area contributed by atoms with E-state index < -0.39 is 0 Å². The molecule has 3 heteroatoms. The summed E-state index contributed by atoms with van der Waals surface area (Å²) < 4.78 is 0. The van der Waals surface area contributed by atoms with Gasteiger partial charge in [0.15, 0.2) is 0 Å². The molecular formula is C7H12BrNO. The molecule has 0 aromatic carbocycles. The third-order valence-electron chi connectivity index (χ3n) is 1.57. The average Bonchev–Trinajstić information content (AvgIpc) is 2.68. The minimum absolute atomic E-state index is 0.229. The van der Waals surface area contributed by atoms with Crippen LogP contribution in [0, 0.1) is 5.92 Å². The molecule has 1 aliphatic carbocycles. The Balaban J connectivity index is 2.16. The Labute approximate surface area is 69.5 Å². The molecule has 1 N–H and O–H groups in total. The Bertz CT molecular complexity index is 134. The molecule has 0 bridgehead atoms. The van der Waals surface area contributed by atoms with Gasteiger partial charge in [0, 0.05) is 17.3 Å². The maximum atomic E-state index is 11.0. The minimum Gasteiger partial charge on any atom is -0.353 e. The third-order valence-corrected chi connectivity index (χ3v) is 2.54. The van der Waals surface area contributed by atoms with E-state index in [1.807, 2.05) is 6.92 Å². The Kier molecular flexibility index (Phi) is 2.72. The van der Waals surface area contributed by atoms with Gasteiger partial charge in [-0.1, -0.05) is 15.9 Å². The molecule has 0 saturated heterocycles. The van der Waals surface area contributed by atoms with Gasteiger partial charge >= 0.3 is 0 Å². The lowest BCUT2D eigenvalue weighted by atomic mass is 10.3. The average molecular weight is 206 g/mol. The summed E-state index contributed by atoms with van der Waals surface area (Å²) in [6.07, 6.45) is 2.17. The molecule has 1 unspecified atom stereocenters. The number of amides is 1. The minimum atomic E-state index is 0.229. The summed E-state index contributed by atoms with van der Waals surface area (Å²) in [5.74, 6) is 0.563. The van der Waals surface area contributed by atoms with Crippen LogP contribution in [0.3, 0.4) is 0 Å². The summed E-state index contributed by atoms with van der Waals surface area (Å²) in [6.45, 7) is 2.00. The van der Waals surface area contributed by atoms with E-state index in [-0.39, 0.29) is 11.9 Å².